The van der Waals surface area contributed by atoms with E-state index < -0.39 is 47.6 Å². The number of thiophene rings is 1. The quantitative estimate of drug-likeness (QED) is 0.432. The first kappa shape index (κ1) is 24.0. The molecule has 0 fully saturated rings. The monoisotopic (exact) mass is 483 g/mol. The summed E-state index contributed by atoms with van der Waals surface area (Å²) in [5.74, 6) is -2.93. The molecule has 12 heteroatoms. The first-order chi connectivity index (χ1) is 15.5. The third kappa shape index (κ3) is 6.19. The number of carbonyl (C=O) groups excluding carboxylic acids is 1. The molecule has 174 valence electrons. The molecule has 0 radical (unpaired) electrons. The van der Waals surface area contributed by atoms with Gasteiger partial charge in [-0.3, -0.25) is 9.59 Å². The number of pyridine rings is 1. The van der Waals surface area contributed by atoms with Crippen molar-refractivity contribution in [1.29, 1.82) is 0 Å². The molecular weight excluding hydrogens is 466 g/mol. The van der Waals surface area contributed by atoms with Crippen LogP contribution in [0.25, 0.3) is 0 Å². The molecule has 33 heavy (non-hydrogen) atoms. The van der Waals surface area contributed by atoms with Crippen molar-refractivity contribution >= 4 is 29.0 Å². The van der Waals surface area contributed by atoms with Crippen LogP contribution in [0.2, 0.25) is 0 Å². The number of hydrogen-bond donors (Lipinski definition) is 3. The number of nitrogens with one attached hydrogen (secondary N) is 2. The molecule has 0 saturated carbocycles. The van der Waals surface area contributed by atoms with Crippen molar-refractivity contribution in [2.45, 2.75) is 25.2 Å². The highest BCUT2D eigenvalue weighted by Crippen LogP contribution is 2.33. The lowest BCUT2D eigenvalue weighted by atomic mass is 10.0. The van der Waals surface area contributed by atoms with Gasteiger partial charge in [0.05, 0.1) is 24.6 Å². The largest absolute Gasteiger partial charge is 0.481 e. The second-order valence-corrected chi connectivity index (χ2v) is 7.95. The normalized spacial score (nSPS) is 12.2. The summed E-state index contributed by atoms with van der Waals surface area (Å²) < 4.78 is 54.0. The molecule has 0 saturated heterocycles. The fourth-order valence-electron chi connectivity index (χ4n) is 3.05. The number of anilines is 1. The zero-order valence-electron chi connectivity index (χ0n) is 16.7. The topological polar surface area (TPSA) is 100 Å². The highest BCUT2D eigenvalue weighted by atomic mass is 32.1. The molecule has 0 unspecified atom stereocenters. The van der Waals surface area contributed by atoms with Gasteiger partial charge in [0, 0.05) is 11.1 Å². The Morgan fingerprint density at radius 1 is 1.15 bits per heavy atom. The number of alkyl halides is 3. The number of halogens is 4. The summed E-state index contributed by atoms with van der Waals surface area (Å²) in [7, 11) is 0. The van der Waals surface area contributed by atoms with Crippen molar-refractivity contribution in [3.63, 3.8) is 0 Å². The first-order valence-corrected chi connectivity index (χ1v) is 10.3. The van der Waals surface area contributed by atoms with E-state index in [1.807, 2.05) is 17.5 Å². The van der Waals surface area contributed by atoms with Crippen molar-refractivity contribution in [1.82, 2.24) is 9.88 Å². The molecule has 3 rings (SSSR count). The van der Waals surface area contributed by atoms with Crippen LogP contribution in [0, 0.1) is 5.82 Å². The molecule has 2 heterocycles. The second kappa shape index (κ2) is 9.86. The highest BCUT2D eigenvalue weighted by molar-refractivity contribution is 7.09. The van der Waals surface area contributed by atoms with Gasteiger partial charge in [-0.2, -0.15) is 13.2 Å². The second-order valence-electron chi connectivity index (χ2n) is 6.92. The Kier molecular flexibility index (Phi) is 7.16. The number of hydrogen-bond acceptors (Lipinski definition) is 4. The molecule has 0 aliphatic carbocycles. The Labute approximate surface area is 188 Å². The first-order valence-electron chi connectivity index (χ1n) is 9.42. The van der Waals surface area contributed by atoms with Gasteiger partial charge in [-0.25, -0.2) is 9.18 Å². The highest BCUT2D eigenvalue weighted by Gasteiger charge is 2.35. The van der Waals surface area contributed by atoms with Gasteiger partial charge in [0.15, 0.2) is 0 Å². The molecular formula is C21H17F4N3O4S. The minimum Gasteiger partial charge on any atom is -0.481 e. The van der Waals surface area contributed by atoms with Gasteiger partial charge in [0.25, 0.3) is 5.56 Å². The minimum absolute atomic E-state index is 0.115. The van der Waals surface area contributed by atoms with Crippen LogP contribution in [0.3, 0.4) is 0 Å². The maximum Gasteiger partial charge on any atom is 0.419 e. The zero-order chi connectivity index (χ0) is 24.2. The Hall–Kier alpha value is -3.67. The van der Waals surface area contributed by atoms with Crippen LogP contribution < -0.4 is 16.2 Å². The van der Waals surface area contributed by atoms with E-state index in [2.05, 4.69) is 10.6 Å². The van der Waals surface area contributed by atoms with Gasteiger partial charge in [0.2, 0.25) is 0 Å². The van der Waals surface area contributed by atoms with E-state index in [0.717, 1.165) is 10.9 Å². The molecule has 2 aromatic heterocycles. The summed E-state index contributed by atoms with van der Waals surface area (Å²) in [6.45, 7) is 0.269. The average molecular weight is 483 g/mol. The van der Waals surface area contributed by atoms with Crippen molar-refractivity contribution in [3.8, 4) is 0 Å². The number of carbonyl (C=O) groups is 2. The van der Waals surface area contributed by atoms with Gasteiger partial charge in [-0.1, -0.05) is 12.1 Å². The number of aromatic nitrogens is 1. The lowest BCUT2D eigenvalue weighted by molar-refractivity contribution is -0.140. The van der Waals surface area contributed by atoms with Crippen LogP contribution in [0.4, 0.5) is 28.0 Å². The average Bonchev–Trinajstić information content (AvgIpc) is 3.23. The lowest BCUT2D eigenvalue weighted by Gasteiger charge is -2.19. The lowest BCUT2D eigenvalue weighted by Crippen LogP contribution is -2.36. The molecule has 3 aromatic rings. The summed E-state index contributed by atoms with van der Waals surface area (Å²) in [6, 6.07) is 6.03. The SMILES string of the molecule is O=C(O)C[C@H](NC(=O)Nc1cccn(Cc2cccs2)c1=O)c1ccc(F)c(C(F)(F)F)c1. The molecule has 0 aliphatic rings. The third-order valence-corrected chi connectivity index (χ3v) is 5.42. The van der Waals surface area contributed by atoms with Crippen LogP contribution in [-0.2, 0) is 17.5 Å². The van der Waals surface area contributed by atoms with Crippen molar-refractivity contribution < 1.29 is 32.3 Å². The number of rotatable bonds is 7. The van der Waals surface area contributed by atoms with Gasteiger partial charge in [0.1, 0.15) is 11.5 Å². The van der Waals surface area contributed by atoms with Crippen LogP contribution in [-0.4, -0.2) is 21.7 Å². The zero-order valence-corrected chi connectivity index (χ0v) is 17.5. The fraction of sp³-hybridized carbons (Fsp3) is 0.190. The smallest absolute Gasteiger partial charge is 0.419 e. The van der Waals surface area contributed by atoms with E-state index in [4.69, 9.17) is 5.11 Å². The van der Waals surface area contributed by atoms with Crippen LogP contribution >= 0.6 is 11.3 Å². The summed E-state index contributed by atoms with van der Waals surface area (Å²) in [5, 5.41) is 15.5. The van der Waals surface area contributed by atoms with Crippen LogP contribution in [0.1, 0.15) is 28.5 Å². The molecule has 7 nitrogen and oxygen atoms in total. The Balaban J connectivity index is 1.81. The van der Waals surface area contributed by atoms with E-state index in [0.29, 0.717) is 12.1 Å². The standard InChI is InChI=1S/C21H17F4N3O4S/c22-15-6-5-12(9-14(15)21(23,24)25)17(10-18(29)30)27-20(32)26-16-4-1-7-28(19(16)31)11-13-3-2-8-33-13/h1-9,17H,10-11H2,(H,29,30)(H2,26,27,32)/t17-/m0/s1. The molecule has 0 aliphatic heterocycles. The maximum atomic E-state index is 13.6. The van der Waals surface area contributed by atoms with Crippen LogP contribution in [0.15, 0.2) is 58.8 Å². The molecule has 1 atom stereocenters. The van der Waals surface area contributed by atoms with Gasteiger partial charge >= 0.3 is 18.2 Å². The molecule has 1 aromatic carbocycles. The molecule has 0 bridgehead atoms. The van der Waals surface area contributed by atoms with E-state index in [-0.39, 0.29) is 17.8 Å². The number of carboxylic acids is 1. The third-order valence-electron chi connectivity index (χ3n) is 4.56. The van der Waals surface area contributed by atoms with E-state index in [9.17, 15) is 31.9 Å². The van der Waals surface area contributed by atoms with E-state index in [1.165, 1.54) is 34.2 Å². The Morgan fingerprint density at radius 2 is 1.91 bits per heavy atom. The Morgan fingerprint density at radius 3 is 2.55 bits per heavy atom. The number of amides is 2. The van der Waals surface area contributed by atoms with Crippen LogP contribution in [0.5, 0.6) is 0 Å². The minimum atomic E-state index is -5.01. The summed E-state index contributed by atoms with van der Waals surface area (Å²) >= 11 is 1.44. The predicted molar refractivity (Wildman–Crippen MR) is 113 cm³/mol. The van der Waals surface area contributed by atoms with Gasteiger partial charge in [-0.05, 0) is 41.3 Å². The van der Waals surface area contributed by atoms with Crippen molar-refractivity contribution in [2.75, 3.05) is 5.32 Å². The molecule has 0 spiro atoms. The molecule has 2 amide bonds. The Bertz CT molecular complexity index is 1210. The van der Waals surface area contributed by atoms with E-state index >= 15 is 0 Å². The number of nitrogens with zero attached hydrogens (tertiary/aromatic N) is 1. The number of aliphatic carboxylic acids is 1. The number of urea groups is 1. The van der Waals surface area contributed by atoms with Crippen molar-refractivity contribution in [2.24, 2.45) is 0 Å². The number of carboxylic acid groups (broad SMARTS) is 1. The fourth-order valence-corrected chi connectivity index (χ4v) is 3.75. The summed E-state index contributed by atoms with van der Waals surface area (Å²) in [6.07, 6.45) is -4.25. The van der Waals surface area contributed by atoms with Gasteiger partial charge in [-0.15, -0.1) is 11.3 Å². The van der Waals surface area contributed by atoms with Gasteiger partial charge < -0.3 is 20.3 Å². The molecule has 3 N–H and O–H groups in total. The van der Waals surface area contributed by atoms with Crippen molar-refractivity contribution in [3.05, 3.63) is 86.2 Å². The summed E-state index contributed by atoms with van der Waals surface area (Å²) in [5.41, 5.74) is -2.49. The number of benzene rings is 1. The summed E-state index contributed by atoms with van der Waals surface area (Å²) in [4.78, 5) is 37.2. The predicted octanol–water partition coefficient (Wildman–Crippen LogP) is 4.45. The maximum absolute atomic E-state index is 13.6. The van der Waals surface area contributed by atoms with E-state index in [1.54, 1.807) is 0 Å².